The van der Waals surface area contributed by atoms with Gasteiger partial charge in [-0.25, -0.2) is 0 Å². The number of aliphatic hydroxyl groups excluding tert-OH is 2. The number of unbranched alkanes of at least 4 members (excludes halogenated alkanes) is 2. The normalized spacial score (nSPS) is 22.2. The van der Waals surface area contributed by atoms with E-state index in [-0.39, 0.29) is 69.8 Å². The highest BCUT2D eigenvalue weighted by atomic mass is 16.7. The lowest BCUT2D eigenvalue weighted by molar-refractivity contribution is -0.255. The van der Waals surface area contributed by atoms with E-state index >= 15 is 4.79 Å². The van der Waals surface area contributed by atoms with Crippen LogP contribution in [0.2, 0.25) is 0 Å². The maximum Gasteiger partial charge on any atom is 0.254 e. The SMILES string of the molecule is C=CCOC12Oc3ccc(Oc4ccc(C)c(C)c4)cc3C3C(CCCCO)C(CCCCO)C=C(C(=NOCc4ccccc4)CC1N(Cc1ccc4c(c1)OCO4)C(=O)c1ccc(C#N)cc1)C32. The molecule has 2 aliphatic carbocycles. The zero-order valence-electron chi connectivity index (χ0n) is 39.9. The van der Waals surface area contributed by atoms with Crippen LogP contribution in [0, 0.1) is 42.9 Å². The number of hydrogen-bond acceptors (Lipinski definition) is 11. The minimum atomic E-state index is -1.52. The van der Waals surface area contributed by atoms with E-state index in [0.29, 0.717) is 52.7 Å². The lowest BCUT2D eigenvalue weighted by atomic mass is 9.55. The van der Waals surface area contributed by atoms with Crippen LogP contribution in [0.4, 0.5) is 0 Å². The van der Waals surface area contributed by atoms with Crippen molar-refractivity contribution in [2.75, 3.05) is 26.6 Å². The summed E-state index contributed by atoms with van der Waals surface area (Å²) in [6.07, 6.45) is 8.69. The van der Waals surface area contributed by atoms with Gasteiger partial charge in [0.05, 0.1) is 29.9 Å². The van der Waals surface area contributed by atoms with Crippen LogP contribution in [0.3, 0.4) is 0 Å². The smallest absolute Gasteiger partial charge is 0.254 e. The van der Waals surface area contributed by atoms with Crippen molar-refractivity contribution >= 4 is 11.6 Å². The fourth-order valence-corrected chi connectivity index (χ4v) is 10.8. The quantitative estimate of drug-likeness (QED) is 0.0438. The highest BCUT2D eigenvalue weighted by Gasteiger charge is 2.65. The molecular weight excluding hydrogens is 883 g/mol. The summed E-state index contributed by atoms with van der Waals surface area (Å²) in [4.78, 5) is 23.7. The van der Waals surface area contributed by atoms with Crippen LogP contribution in [-0.4, -0.2) is 65.2 Å². The molecule has 0 bridgehead atoms. The predicted molar refractivity (Wildman–Crippen MR) is 266 cm³/mol. The highest BCUT2D eigenvalue weighted by molar-refractivity contribution is 6.03. The summed E-state index contributed by atoms with van der Waals surface area (Å²) in [5.41, 5.74) is 7.39. The molecule has 1 amide bonds. The Hall–Kier alpha value is -6.91. The molecule has 70 heavy (non-hydrogen) atoms. The van der Waals surface area contributed by atoms with Gasteiger partial charge in [-0.15, -0.1) is 6.58 Å². The molecule has 0 radical (unpaired) electrons. The molecule has 2 heterocycles. The van der Waals surface area contributed by atoms with E-state index in [0.717, 1.165) is 59.3 Å². The zero-order valence-corrected chi connectivity index (χ0v) is 39.9. The van der Waals surface area contributed by atoms with E-state index in [4.69, 9.17) is 33.7 Å². The Morgan fingerprint density at radius 2 is 1.60 bits per heavy atom. The van der Waals surface area contributed by atoms with Crippen LogP contribution in [0.1, 0.15) is 94.6 Å². The molecule has 6 unspecified atom stereocenters. The molecule has 5 aromatic rings. The first kappa shape index (κ1) is 48.1. The molecule has 1 fully saturated rings. The van der Waals surface area contributed by atoms with Gasteiger partial charge in [-0.05, 0) is 146 Å². The number of aryl methyl sites for hydroxylation is 2. The fraction of sp³-hybridized carbons (Fsp3) is 0.362. The topological polar surface area (TPSA) is 152 Å². The summed E-state index contributed by atoms with van der Waals surface area (Å²) in [6.45, 7) is 8.95. The standard InChI is InChI=1S/C58H61N3O9/c1-4-28-67-58-54(61(57(64)43-20-17-40(34-59)18-21-43)35-42-19-24-52-53(30-42)66-37-65-52)33-50(60-68-36-41-12-6-5-7-13-41)48-31-44(14-8-10-26-62)47(15-9-11-27-63)55(56(48)58)49-32-46(23-25-51(49)70-58)69-45-22-16-38(2)39(3)29-45/h4-7,12-13,16-25,29-32,44,47,54-56,62-63H,1,8-11,14-15,26-28,33,35-37H2,2-3H3. The van der Waals surface area contributed by atoms with Crippen LogP contribution in [0.25, 0.3) is 0 Å². The van der Waals surface area contributed by atoms with Crippen LogP contribution >= 0.6 is 0 Å². The van der Waals surface area contributed by atoms with Gasteiger partial charge in [-0.2, -0.15) is 5.26 Å². The van der Waals surface area contributed by atoms with E-state index in [9.17, 15) is 15.5 Å². The summed E-state index contributed by atoms with van der Waals surface area (Å²) >= 11 is 0. The number of hydrogen-bond donors (Lipinski definition) is 2. The molecule has 2 N–H and O–H groups in total. The van der Waals surface area contributed by atoms with Crippen molar-refractivity contribution in [3.63, 3.8) is 0 Å². The number of amides is 1. The molecule has 2 aliphatic heterocycles. The third-order valence-electron chi connectivity index (χ3n) is 14.3. The van der Waals surface area contributed by atoms with E-state index in [2.05, 4.69) is 44.7 Å². The number of benzene rings is 5. The van der Waals surface area contributed by atoms with Crippen LogP contribution in [0.15, 0.2) is 139 Å². The summed E-state index contributed by atoms with van der Waals surface area (Å²) in [5.74, 6) is 0.597. The molecule has 4 aliphatic rings. The Bertz CT molecular complexity index is 2770. The van der Waals surface area contributed by atoms with Crippen molar-refractivity contribution in [2.24, 2.45) is 22.9 Å². The minimum Gasteiger partial charge on any atom is -0.459 e. The number of allylic oxidation sites excluding steroid dienone is 1. The van der Waals surface area contributed by atoms with E-state index in [1.54, 1.807) is 30.3 Å². The fourth-order valence-electron chi connectivity index (χ4n) is 10.8. The first-order valence-corrected chi connectivity index (χ1v) is 24.4. The van der Waals surface area contributed by atoms with E-state index < -0.39 is 17.7 Å². The van der Waals surface area contributed by atoms with Gasteiger partial charge in [-0.3, -0.25) is 4.79 Å². The van der Waals surface area contributed by atoms with Crippen molar-refractivity contribution in [1.82, 2.24) is 4.90 Å². The molecule has 12 heteroatoms. The van der Waals surface area contributed by atoms with E-state index in [1.807, 2.05) is 77.7 Å². The molecular formula is C58H61N3O9. The second-order valence-electron chi connectivity index (χ2n) is 18.7. The van der Waals surface area contributed by atoms with Crippen LogP contribution in [-0.2, 0) is 22.7 Å². The molecule has 5 aromatic carbocycles. The van der Waals surface area contributed by atoms with Crippen molar-refractivity contribution in [3.05, 3.63) is 172 Å². The largest absolute Gasteiger partial charge is 0.459 e. The lowest BCUT2D eigenvalue weighted by Gasteiger charge is -2.60. The number of ether oxygens (including phenoxy) is 5. The minimum absolute atomic E-state index is 0.00647. The monoisotopic (exact) mass is 943 g/mol. The Kier molecular flexibility index (Phi) is 15.0. The van der Waals surface area contributed by atoms with Crippen molar-refractivity contribution in [2.45, 2.75) is 89.7 Å². The Morgan fingerprint density at radius 3 is 2.36 bits per heavy atom. The number of fused-ring (bicyclic) bond motifs is 3. The summed E-state index contributed by atoms with van der Waals surface area (Å²) < 4.78 is 33.0. The highest BCUT2D eigenvalue weighted by Crippen LogP contribution is 2.62. The van der Waals surface area contributed by atoms with E-state index in [1.165, 1.54) is 5.56 Å². The van der Waals surface area contributed by atoms with Gasteiger partial charge in [0.15, 0.2) is 11.5 Å². The lowest BCUT2D eigenvalue weighted by Crippen LogP contribution is -2.70. The molecule has 6 atom stereocenters. The first-order valence-electron chi connectivity index (χ1n) is 24.4. The van der Waals surface area contributed by atoms with Crippen LogP contribution in [0.5, 0.6) is 28.7 Å². The molecule has 0 saturated heterocycles. The molecule has 362 valence electrons. The predicted octanol–water partition coefficient (Wildman–Crippen LogP) is 10.9. The van der Waals surface area contributed by atoms with Crippen LogP contribution < -0.4 is 18.9 Å². The number of aliphatic hydroxyl groups is 2. The maximum absolute atomic E-state index is 15.6. The zero-order chi connectivity index (χ0) is 48.6. The molecule has 0 spiro atoms. The van der Waals surface area contributed by atoms with Gasteiger partial charge >= 0.3 is 0 Å². The van der Waals surface area contributed by atoms with Gasteiger partial charge in [0.1, 0.15) is 29.9 Å². The third-order valence-corrected chi connectivity index (χ3v) is 14.3. The number of nitrogens with zero attached hydrogens (tertiary/aromatic N) is 3. The number of rotatable bonds is 20. The first-order chi connectivity index (χ1) is 34.2. The van der Waals surface area contributed by atoms with Gasteiger partial charge in [0.2, 0.25) is 12.6 Å². The van der Waals surface area contributed by atoms with Gasteiger partial charge in [0, 0.05) is 43.2 Å². The Balaban J connectivity index is 1.26. The molecule has 1 saturated carbocycles. The second kappa shape index (κ2) is 21.8. The number of oxime groups is 1. The van der Waals surface area contributed by atoms with Gasteiger partial charge in [0.25, 0.3) is 5.91 Å². The molecule has 9 rings (SSSR count). The average molecular weight is 944 g/mol. The summed E-state index contributed by atoms with van der Waals surface area (Å²) in [7, 11) is 0. The van der Waals surface area contributed by atoms with Gasteiger partial charge < -0.3 is 43.6 Å². The average Bonchev–Trinajstić information content (AvgIpc) is 3.86. The maximum atomic E-state index is 15.6. The Morgan fingerprint density at radius 1 is 0.857 bits per heavy atom. The van der Waals surface area contributed by atoms with Gasteiger partial charge in [-0.1, -0.05) is 72.6 Å². The number of carbonyl (C=O) groups is 1. The Labute approximate surface area is 410 Å². The second-order valence-corrected chi connectivity index (χ2v) is 18.7. The van der Waals surface area contributed by atoms with Crippen molar-refractivity contribution in [3.8, 4) is 34.8 Å². The summed E-state index contributed by atoms with van der Waals surface area (Å²) in [5, 5.41) is 34.9. The molecule has 12 nitrogen and oxygen atoms in total. The van der Waals surface area contributed by atoms with Crippen molar-refractivity contribution < 1.29 is 43.5 Å². The third kappa shape index (κ3) is 10.1. The van der Waals surface area contributed by atoms with Crippen molar-refractivity contribution in [1.29, 1.82) is 5.26 Å². The molecule has 0 aromatic heterocycles. The number of carbonyl (C=O) groups excluding carboxylic acids is 1. The number of nitriles is 1. The summed E-state index contributed by atoms with van der Waals surface area (Å²) in [6, 6.07) is 35.6.